The van der Waals surface area contributed by atoms with Gasteiger partial charge < -0.3 is 5.11 Å². The summed E-state index contributed by atoms with van der Waals surface area (Å²) in [5, 5.41) is 17.4. The highest BCUT2D eigenvalue weighted by molar-refractivity contribution is 5.88. The van der Waals surface area contributed by atoms with Crippen LogP contribution in [0.2, 0.25) is 0 Å². The lowest BCUT2D eigenvalue weighted by molar-refractivity contribution is 0.0697. The second kappa shape index (κ2) is 5.44. The van der Waals surface area contributed by atoms with Gasteiger partial charge in [0, 0.05) is 5.56 Å². The van der Waals surface area contributed by atoms with Gasteiger partial charge in [-0.15, -0.1) is 5.10 Å². The van der Waals surface area contributed by atoms with Crippen LogP contribution in [0.4, 0.5) is 0 Å². The lowest BCUT2D eigenvalue weighted by atomic mass is 10.0. The number of aromatic carboxylic acids is 1. The fourth-order valence-corrected chi connectivity index (χ4v) is 2.31. The number of nitrogens with zero attached hydrogens (tertiary/aromatic N) is 3. The Labute approximate surface area is 127 Å². The maximum atomic E-state index is 11.0. The Morgan fingerprint density at radius 2 is 1.95 bits per heavy atom. The van der Waals surface area contributed by atoms with Crippen LogP contribution in [0.1, 0.15) is 21.5 Å². The second-order valence-corrected chi connectivity index (χ2v) is 5.22. The summed E-state index contributed by atoms with van der Waals surface area (Å²) < 4.78 is 1.59. The van der Waals surface area contributed by atoms with Crippen molar-refractivity contribution in [3.63, 3.8) is 0 Å². The van der Waals surface area contributed by atoms with Crippen LogP contribution in [-0.4, -0.2) is 26.1 Å². The first-order valence-electron chi connectivity index (χ1n) is 6.88. The molecule has 0 saturated heterocycles. The predicted octanol–water partition coefficient (Wildman–Crippen LogP) is 3.25. The van der Waals surface area contributed by atoms with Gasteiger partial charge in [-0.3, -0.25) is 0 Å². The van der Waals surface area contributed by atoms with Crippen molar-refractivity contribution in [1.29, 1.82) is 0 Å². The van der Waals surface area contributed by atoms with Gasteiger partial charge in [0.05, 0.1) is 17.4 Å². The first-order valence-corrected chi connectivity index (χ1v) is 6.88. The highest BCUT2D eigenvalue weighted by atomic mass is 16.4. The van der Waals surface area contributed by atoms with Crippen molar-refractivity contribution in [1.82, 2.24) is 15.0 Å². The fourth-order valence-electron chi connectivity index (χ4n) is 2.31. The van der Waals surface area contributed by atoms with E-state index in [2.05, 4.69) is 28.5 Å². The SMILES string of the molecule is Cc1ccc(C)c(-c2cn(-c3cccc(C(=O)O)c3)nn2)c1. The Bertz CT molecular complexity index is 853. The van der Waals surface area contributed by atoms with E-state index in [-0.39, 0.29) is 5.56 Å². The minimum Gasteiger partial charge on any atom is -0.478 e. The summed E-state index contributed by atoms with van der Waals surface area (Å²) in [7, 11) is 0. The summed E-state index contributed by atoms with van der Waals surface area (Å²) in [5.41, 5.74) is 4.97. The Balaban J connectivity index is 2.02. The van der Waals surface area contributed by atoms with Crippen molar-refractivity contribution < 1.29 is 9.90 Å². The number of aryl methyl sites for hydroxylation is 2. The molecule has 0 bridgehead atoms. The van der Waals surface area contributed by atoms with E-state index in [1.807, 2.05) is 20.0 Å². The van der Waals surface area contributed by atoms with Crippen molar-refractivity contribution in [2.45, 2.75) is 13.8 Å². The number of aromatic nitrogens is 3. The van der Waals surface area contributed by atoms with E-state index in [0.717, 1.165) is 22.4 Å². The van der Waals surface area contributed by atoms with Gasteiger partial charge in [0.25, 0.3) is 0 Å². The molecule has 0 spiro atoms. The third kappa shape index (κ3) is 2.61. The van der Waals surface area contributed by atoms with Crippen molar-refractivity contribution in [2.24, 2.45) is 0 Å². The van der Waals surface area contributed by atoms with E-state index in [0.29, 0.717) is 5.69 Å². The van der Waals surface area contributed by atoms with Gasteiger partial charge in [-0.2, -0.15) is 0 Å². The van der Waals surface area contributed by atoms with Crippen LogP contribution >= 0.6 is 0 Å². The molecule has 5 nitrogen and oxygen atoms in total. The standard InChI is InChI=1S/C17H15N3O2/c1-11-6-7-12(2)15(8-11)16-10-20(19-18-16)14-5-3-4-13(9-14)17(21)22/h3-10H,1-2H3,(H,21,22). The van der Waals surface area contributed by atoms with Gasteiger partial charge in [-0.05, 0) is 43.7 Å². The normalized spacial score (nSPS) is 10.6. The molecule has 22 heavy (non-hydrogen) atoms. The van der Waals surface area contributed by atoms with Crippen LogP contribution < -0.4 is 0 Å². The number of carbonyl (C=O) groups is 1. The predicted molar refractivity (Wildman–Crippen MR) is 83.2 cm³/mol. The molecular weight excluding hydrogens is 278 g/mol. The van der Waals surface area contributed by atoms with Gasteiger partial charge in [0.1, 0.15) is 5.69 Å². The van der Waals surface area contributed by atoms with Crippen LogP contribution in [0.25, 0.3) is 16.9 Å². The average Bonchev–Trinajstić information content (AvgIpc) is 2.99. The summed E-state index contributed by atoms with van der Waals surface area (Å²) in [4.78, 5) is 11.0. The number of benzene rings is 2. The molecule has 3 rings (SSSR count). The maximum Gasteiger partial charge on any atom is 0.335 e. The van der Waals surface area contributed by atoms with Crippen molar-refractivity contribution >= 4 is 5.97 Å². The molecule has 0 unspecified atom stereocenters. The smallest absolute Gasteiger partial charge is 0.335 e. The average molecular weight is 293 g/mol. The van der Waals surface area contributed by atoms with Gasteiger partial charge >= 0.3 is 5.97 Å². The minimum atomic E-state index is -0.961. The number of carboxylic acids is 1. The molecular formula is C17H15N3O2. The summed E-state index contributed by atoms with van der Waals surface area (Å²) in [5.74, 6) is -0.961. The zero-order valence-corrected chi connectivity index (χ0v) is 12.3. The first kappa shape index (κ1) is 14.0. The van der Waals surface area contributed by atoms with Gasteiger partial charge in [-0.1, -0.05) is 29.0 Å². The molecule has 2 aromatic carbocycles. The summed E-state index contributed by atoms with van der Waals surface area (Å²) in [6, 6.07) is 12.8. The molecule has 0 aliphatic heterocycles. The molecule has 0 fully saturated rings. The van der Waals surface area contributed by atoms with E-state index in [4.69, 9.17) is 5.11 Å². The largest absolute Gasteiger partial charge is 0.478 e. The van der Waals surface area contributed by atoms with E-state index in [9.17, 15) is 4.79 Å². The lowest BCUT2D eigenvalue weighted by Crippen LogP contribution is -2.00. The molecule has 5 heteroatoms. The van der Waals surface area contributed by atoms with Crippen LogP contribution in [0.15, 0.2) is 48.7 Å². The molecule has 0 saturated carbocycles. The summed E-state index contributed by atoms with van der Waals surface area (Å²) in [6.45, 7) is 4.06. The molecule has 1 aromatic heterocycles. The van der Waals surface area contributed by atoms with Crippen molar-refractivity contribution in [3.8, 4) is 16.9 Å². The lowest BCUT2D eigenvalue weighted by Gasteiger charge is -2.03. The minimum absolute atomic E-state index is 0.223. The highest BCUT2D eigenvalue weighted by Gasteiger charge is 2.10. The quantitative estimate of drug-likeness (QED) is 0.805. The number of rotatable bonds is 3. The molecule has 0 atom stereocenters. The third-order valence-corrected chi connectivity index (χ3v) is 3.52. The maximum absolute atomic E-state index is 11.0. The van der Waals surface area contributed by atoms with E-state index >= 15 is 0 Å². The highest BCUT2D eigenvalue weighted by Crippen LogP contribution is 2.23. The van der Waals surface area contributed by atoms with Crippen molar-refractivity contribution in [3.05, 3.63) is 65.4 Å². The zero-order chi connectivity index (χ0) is 15.7. The van der Waals surface area contributed by atoms with E-state index in [1.54, 1.807) is 28.9 Å². The Hall–Kier alpha value is -2.95. The monoisotopic (exact) mass is 293 g/mol. The molecule has 0 amide bonds. The first-order chi connectivity index (χ1) is 10.5. The Morgan fingerprint density at radius 3 is 2.73 bits per heavy atom. The second-order valence-electron chi connectivity index (χ2n) is 5.22. The molecule has 0 aliphatic rings. The summed E-state index contributed by atoms with van der Waals surface area (Å²) >= 11 is 0. The Morgan fingerprint density at radius 1 is 1.14 bits per heavy atom. The van der Waals surface area contributed by atoms with Crippen molar-refractivity contribution in [2.75, 3.05) is 0 Å². The van der Waals surface area contributed by atoms with Crippen LogP contribution in [0.5, 0.6) is 0 Å². The zero-order valence-electron chi connectivity index (χ0n) is 12.3. The Kier molecular flexibility index (Phi) is 3.47. The third-order valence-electron chi connectivity index (χ3n) is 3.52. The number of hydrogen-bond acceptors (Lipinski definition) is 3. The molecule has 0 radical (unpaired) electrons. The fraction of sp³-hybridized carbons (Fsp3) is 0.118. The summed E-state index contributed by atoms with van der Waals surface area (Å²) in [6.07, 6.45) is 1.81. The van der Waals surface area contributed by atoms with E-state index in [1.165, 1.54) is 0 Å². The van der Waals surface area contributed by atoms with Crippen LogP contribution in [0.3, 0.4) is 0 Å². The molecule has 1 N–H and O–H groups in total. The number of carboxylic acid groups (broad SMARTS) is 1. The number of hydrogen-bond donors (Lipinski definition) is 1. The molecule has 110 valence electrons. The molecule has 0 aliphatic carbocycles. The molecule has 3 aromatic rings. The van der Waals surface area contributed by atoms with Gasteiger partial charge in [-0.25, -0.2) is 9.48 Å². The molecule has 1 heterocycles. The van der Waals surface area contributed by atoms with Gasteiger partial charge in [0.15, 0.2) is 0 Å². The topological polar surface area (TPSA) is 68.0 Å². The van der Waals surface area contributed by atoms with Crippen LogP contribution in [-0.2, 0) is 0 Å². The van der Waals surface area contributed by atoms with Gasteiger partial charge in [0.2, 0.25) is 0 Å². The van der Waals surface area contributed by atoms with Crippen LogP contribution in [0, 0.1) is 13.8 Å². The van der Waals surface area contributed by atoms with E-state index < -0.39 is 5.97 Å².